The zero-order valence-electron chi connectivity index (χ0n) is 16.4. The molecule has 3 aromatic carbocycles. The number of nitrogens with one attached hydrogen (secondary N) is 2. The maximum atomic E-state index is 12.9. The molecular formula is C22H22N2O3S2. The average Bonchev–Trinajstić information content (AvgIpc) is 2.71. The summed E-state index contributed by atoms with van der Waals surface area (Å²) in [6.45, 7) is 3.98. The Kier molecular flexibility index (Phi) is 6.20. The molecule has 29 heavy (non-hydrogen) atoms. The Hall–Kier alpha value is -2.90. The highest BCUT2D eigenvalue weighted by Gasteiger charge is 2.19. The molecule has 3 rings (SSSR count). The number of rotatable bonds is 5. The van der Waals surface area contributed by atoms with Crippen LogP contribution >= 0.6 is 12.2 Å². The zero-order chi connectivity index (χ0) is 21.0. The maximum absolute atomic E-state index is 12.9. The Bertz CT molecular complexity index is 1120. The number of benzene rings is 3. The van der Waals surface area contributed by atoms with E-state index in [1.54, 1.807) is 36.4 Å². The molecule has 7 heteroatoms. The van der Waals surface area contributed by atoms with Crippen LogP contribution in [-0.4, -0.2) is 20.6 Å². The van der Waals surface area contributed by atoms with Crippen molar-refractivity contribution in [2.45, 2.75) is 23.6 Å². The summed E-state index contributed by atoms with van der Waals surface area (Å²) in [5, 5.41) is 6.59. The topological polar surface area (TPSA) is 67.4 Å². The number of sulfone groups is 1. The number of thiocarbonyl (C=S) groups is 1. The minimum absolute atomic E-state index is 0.155. The number of para-hydroxylation sites is 1. The van der Waals surface area contributed by atoms with Crippen molar-refractivity contribution in [2.75, 3.05) is 17.7 Å². The van der Waals surface area contributed by atoms with Crippen molar-refractivity contribution in [3.63, 3.8) is 0 Å². The molecule has 0 spiro atoms. The highest BCUT2D eigenvalue weighted by Crippen LogP contribution is 2.31. The Morgan fingerprint density at radius 2 is 1.52 bits per heavy atom. The second-order valence-corrected chi connectivity index (χ2v) is 8.88. The first-order valence-electron chi connectivity index (χ1n) is 8.95. The molecule has 0 bridgehead atoms. The molecule has 2 N–H and O–H groups in total. The third kappa shape index (κ3) is 4.58. The Balaban J connectivity index is 1.91. The van der Waals surface area contributed by atoms with Crippen molar-refractivity contribution in [1.29, 1.82) is 0 Å². The molecule has 0 radical (unpaired) electrons. The van der Waals surface area contributed by atoms with Gasteiger partial charge in [-0.3, -0.25) is 0 Å². The molecule has 3 aromatic rings. The molecule has 0 heterocycles. The Labute approximate surface area is 176 Å². The van der Waals surface area contributed by atoms with Crippen LogP contribution in [0.4, 0.5) is 11.4 Å². The highest BCUT2D eigenvalue weighted by atomic mass is 32.2. The maximum Gasteiger partial charge on any atom is 0.206 e. The molecule has 0 amide bonds. The van der Waals surface area contributed by atoms with Crippen LogP contribution in [-0.2, 0) is 9.84 Å². The molecule has 0 atom stereocenters. The van der Waals surface area contributed by atoms with Gasteiger partial charge in [-0.15, -0.1) is 0 Å². The fourth-order valence-electron chi connectivity index (χ4n) is 2.97. The van der Waals surface area contributed by atoms with Crippen LogP contribution in [0.5, 0.6) is 5.75 Å². The van der Waals surface area contributed by atoms with E-state index in [0.717, 1.165) is 16.8 Å². The number of anilines is 2. The van der Waals surface area contributed by atoms with Crippen molar-refractivity contribution >= 4 is 38.5 Å². The first-order valence-corrected chi connectivity index (χ1v) is 10.8. The predicted molar refractivity (Wildman–Crippen MR) is 121 cm³/mol. The summed E-state index contributed by atoms with van der Waals surface area (Å²) in [7, 11) is -2.13. The molecular weight excluding hydrogens is 404 g/mol. The standard InChI is InChI=1S/C22H22N2O3S2/c1-15-8-7-9-16(2)21(15)24-22(28)23-19-14-18(12-13-20(19)27-3)29(25,26)17-10-5-4-6-11-17/h4-14H,1-3H3,(H2,23,24,28). The average molecular weight is 427 g/mol. The normalized spacial score (nSPS) is 11.0. The lowest BCUT2D eigenvalue weighted by molar-refractivity contribution is 0.416. The van der Waals surface area contributed by atoms with E-state index >= 15 is 0 Å². The van der Waals surface area contributed by atoms with Crippen LogP contribution in [0.1, 0.15) is 11.1 Å². The minimum atomic E-state index is -3.65. The molecule has 0 saturated heterocycles. The summed E-state index contributed by atoms with van der Waals surface area (Å²) in [4.78, 5) is 0.384. The van der Waals surface area contributed by atoms with Crippen LogP contribution in [0.25, 0.3) is 0 Å². The van der Waals surface area contributed by atoms with E-state index in [2.05, 4.69) is 10.6 Å². The van der Waals surface area contributed by atoms with Crippen molar-refractivity contribution in [3.05, 3.63) is 77.9 Å². The van der Waals surface area contributed by atoms with E-state index in [9.17, 15) is 8.42 Å². The summed E-state index contributed by atoms with van der Waals surface area (Å²) in [6.07, 6.45) is 0. The third-order valence-corrected chi connectivity index (χ3v) is 6.47. The van der Waals surface area contributed by atoms with Gasteiger partial charge in [-0.25, -0.2) is 8.42 Å². The number of ether oxygens (including phenoxy) is 1. The summed E-state index contributed by atoms with van der Waals surface area (Å²) in [6, 6.07) is 18.9. The fourth-order valence-corrected chi connectivity index (χ4v) is 4.49. The van der Waals surface area contributed by atoms with Gasteiger partial charge in [-0.2, -0.15) is 0 Å². The van der Waals surface area contributed by atoms with E-state index in [4.69, 9.17) is 17.0 Å². The molecule has 0 aliphatic heterocycles. The summed E-state index contributed by atoms with van der Waals surface area (Å²) in [5.41, 5.74) is 3.49. The van der Waals surface area contributed by atoms with Gasteiger partial charge in [-0.1, -0.05) is 36.4 Å². The SMILES string of the molecule is COc1ccc(S(=O)(=O)c2ccccc2)cc1NC(=S)Nc1c(C)cccc1C. The molecule has 150 valence electrons. The first-order chi connectivity index (χ1) is 13.8. The van der Waals surface area contributed by atoms with Crippen LogP contribution in [0.15, 0.2) is 76.5 Å². The monoisotopic (exact) mass is 426 g/mol. The Morgan fingerprint density at radius 3 is 2.14 bits per heavy atom. The largest absolute Gasteiger partial charge is 0.495 e. The van der Waals surface area contributed by atoms with E-state index in [1.165, 1.54) is 19.2 Å². The van der Waals surface area contributed by atoms with Gasteiger partial charge in [0, 0.05) is 5.69 Å². The highest BCUT2D eigenvalue weighted by molar-refractivity contribution is 7.91. The molecule has 5 nitrogen and oxygen atoms in total. The van der Waals surface area contributed by atoms with Crippen molar-refractivity contribution in [3.8, 4) is 5.75 Å². The molecule has 0 saturated carbocycles. The Morgan fingerprint density at radius 1 is 0.862 bits per heavy atom. The van der Waals surface area contributed by atoms with Crippen LogP contribution in [0.3, 0.4) is 0 Å². The van der Waals surface area contributed by atoms with Gasteiger partial charge in [0.05, 0.1) is 22.6 Å². The van der Waals surface area contributed by atoms with Gasteiger partial charge in [-0.05, 0) is 67.5 Å². The zero-order valence-corrected chi connectivity index (χ0v) is 18.0. The minimum Gasteiger partial charge on any atom is -0.495 e. The summed E-state index contributed by atoms with van der Waals surface area (Å²) in [5.74, 6) is 0.489. The molecule has 0 aliphatic rings. The van der Waals surface area contributed by atoms with Gasteiger partial charge in [0.1, 0.15) is 5.75 Å². The van der Waals surface area contributed by atoms with Crippen LogP contribution < -0.4 is 15.4 Å². The quantitative estimate of drug-likeness (QED) is 0.563. The third-order valence-electron chi connectivity index (χ3n) is 4.50. The van der Waals surface area contributed by atoms with Gasteiger partial charge in [0.2, 0.25) is 9.84 Å². The van der Waals surface area contributed by atoms with E-state index < -0.39 is 9.84 Å². The second kappa shape index (κ2) is 8.63. The van der Waals surface area contributed by atoms with Gasteiger partial charge < -0.3 is 15.4 Å². The number of hydrogen-bond acceptors (Lipinski definition) is 4. The number of hydrogen-bond donors (Lipinski definition) is 2. The van der Waals surface area contributed by atoms with Gasteiger partial charge in [0.15, 0.2) is 5.11 Å². The molecule has 0 unspecified atom stereocenters. The summed E-state index contributed by atoms with van der Waals surface area (Å²) >= 11 is 5.45. The van der Waals surface area contributed by atoms with E-state index in [-0.39, 0.29) is 9.79 Å². The molecule has 0 aromatic heterocycles. The first kappa shape index (κ1) is 20.8. The van der Waals surface area contributed by atoms with Crippen molar-refractivity contribution in [2.24, 2.45) is 0 Å². The van der Waals surface area contributed by atoms with E-state index in [0.29, 0.717) is 16.5 Å². The van der Waals surface area contributed by atoms with Crippen molar-refractivity contribution < 1.29 is 13.2 Å². The van der Waals surface area contributed by atoms with Crippen molar-refractivity contribution in [1.82, 2.24) is 0 Å². The molecule has 0 aliphatic carbocycles. The van der Waals surface area contributed by atoms with Gasteiger partial charge in [0.25, 0.3) is 0 Å². The second-order valence-electron chi connectivity index (χ2n) is 6.52. The smallest absolute Gasteiger partial charge is 0.206 e. The molecule has 0 fully saturated rings. The fraction of sp³-hybridized carbons (Fsp3) is 0.136. The lowest BCUT2D eigenvalue weighted by Gasteiger charge is -2.17. The lowest BCUT2D eigenvalue weighted by Crippen LogP contribution is -2.21. The summed E-state index contributed by atoms with van der Waals surface area (Å²) < 4.78 is 31.2. The van der Waals surface area contributed by atoms with E-state index in [1.807, 2.05) is 32.0 Å². The lowest BCUT2D eigenvalue weighted by atomic mass is 10.1. The van der Waals surface area contributed by atoms with Crippen LogP contribution in [0.2, 0.25) is 0 Å². The van der Waals surface area contributed by atoms with Crippen LogP contribution in [0, 0.1) is 13.8 Å². The van der Waals surface area contributed by atoms with Gasteiger partial charge >= 0.3 is 0 Å². The predicted octanol–water partition coefficient (Wildman–Crippen LogP) is 4.95. The number of aryl methyl sites for hydroxylation is 2. The number of methoxy groups -OCH3 is 1.